The first-order valence-corrected chi connectivity index (χ1v) is 11.9. The van der Waals surface area contributed by atoms with Crippen LogP contribution in [0.3, 0.4) is 0 Å². The van der Waals surface area contributed by atoms with E-state index in [4.69, 9.17) is 14.2 Å². The van der Waals surface area contributed by atoms with E-state index in [0.29, 0.717) is 28.5 Å². The number of hydrogen-bond donors (Lipinski definition) is 1. The Morgan fingerprint density at radius 3 is 2.18 bits per heavy atom. The molecular formula is C25H28N2O6S. The van der Waals surface area contributed by atoms with Crippen molar-refractivity contribution in [1.82, 2.24) is 4.31 Å². The SMILES string of the molecule is COc1ccc(OC)c(NC(=O)CN(Cc2ccccc2)S(=O)(=O)c2ccc(OC)c(C)c2)c1. The summed E-state index contributed by atoms with van der Waals surface area (Å²) in [5.74, 6) is 1.02. The van der Waals surface area contributed by atoms with Crippen LogP contribution in [0.4, 0.5) is 5.69 Å². The lowest BCUT2D eigenvalue weighted by Crippen LogP contribution is -2.37. The number of benzene rings is 3. The van der Waals surface area contributed by atoms with Gasteiger partial charge in [0.1, 0.15) is 17.2 Å². The Bertz CT molecular complexity index is 1250. The molecular weight excluding hydrogens is 456 g/mol. The summed E-state index contributed by atoms with van der Waals surface area (Å²) in [5.41, 5.74) is 1.81. The summed E-state index contributed by atoms with van der Waals surface area (Å²) in [4.78, 5) is 13.1. The molecule has 0 aliphatic heterocycles. The minimum Gasteiger partial charge on any atom is -0.497 e. The van der Waals surface area contributed by atoms with Crippen molar-refractivity contribution in [2.24, 2.45) is 0 Å². The molecule has 0 fully saturated rings. The molecule has 0 radical (unpaired) electrons. The van der Waals surface area contributed by atoms with Crippen molar-refractivity contribution in [2.45, 2.75) is 18.4 Å². The number of hydrogen-bond acceptors (Lipinski definition) is 6. The Morgan fingerprint density at radius 1 is 0.882 bits per heavy atom. The zero-order valence-corrected chi connectivity index (χ0v) is 20.4. The lowest BCUT2D eigenvalue weighted by molar-refractivity contribution is -0.116. The largest absolute Gasteiger partial charge is 0.497 e. The first-order valence-electron chi connectivity index (χ1n) is 10.5. The number of carbonyl (C=O) groups is 1. The van der Waals surface area contributed by atoms with Gasteiger partial charge in [0.25, 0.3) is 0 Å². The predicted molar refractivity (Wildman–Crippen MR) is 130 cm³/mol. The Hall–Kier alpha value is -3.56. The topological polar surface area (TPSA) is 94.2 Å². The van der Waals surface area contributed by atoms with Gasteiger partial charge in [-0.25, -0.2) is 8.42 Å². The number of nitrogens with zero attached hydrogens (tertiary/aromatic N) is 1. The molecule has 0 aliphatic rings. The molecule has 0 saturated heterocycles. The maximum absolute atomic E-state index is 13.6. The van der Waals surface area contributed by atoms with Gasteiger partial charge < -0.3 is 19.5 Å². The van der Waals surface area contributed by atoms with Crippen molar-refractivity contribution in [3.63, 3.8) is 0 Å². The van der Waals surface area contributed by atoms with Crippen LogP contribution in [-0.4, -0.2) is 46.5 Å². The number of anilines is 1. The highest BCUT2D eigenvalue weighted by atomic mass is 32.2. The fourth-order valence-corrected chi connectivity index (χ4v) is 4.91. The summed E-state index contributed by atoms with van der Waals surface area (Å²) < 4.78 is 44.0. The molecule has 0 bridgehead atoms. The summed E-state index contributed by atoms with van der Waals surface area (Å²) in [5, 5.41) is 2.74. The van der Waals surface area contributed by atoms with E-state index in [1.807, 2.05) is 30.3 Å². The fourth-order valence-electron chi connectivity index (χ4n) is 3.44. The zero-order chi connectivity index (χ0) is 24.7. The van der Waals surface area contributed by atoms with E-state index >= 15 is 0 Å². The monoisotopic (exact) mass is 484 g/mol. The Kier molecular flexibility index (Phi) is 8.14. The first kappa shape index (κ1) is 25.1. The Morgan fingerprint density at radius 2 is 1.56 bits per heavy atom. The average molecular weight is 485 g/mol. The Balaban J connectivity index is 1.92. The van der Waals surface area contributed by atoms with Crippen LogP contribution in [0, 0.1) is 6.92 Å². The lowest BCUT2D eigenvalue weighted by Gasteiger charge is -2.23. The van der Waals surface area contributed by atoms with Crippen molar-refractivity contribution in [3.05, 3.63) is 77.9 Å². The second-order valence-electron chi connectivity index (χ2n) is 7.50. The van der Waals surface area contributed by atoms with Gasteiger partial charge in [0.15, 0.2) is 0 Å². The standard InChI is InChI=1S/C25H28N2O6S/c1-18-14-21(11-13-23(18)32-3)34(29,30)27(16-19-8-6-5-7-9-19)17-25(28)26-22-15-20(31-2)10-12-24(22)33-4/h5-15H,16-17H2,1-4H3,(H,26,28). The minimum absolute atomic E-state index is 0.0247. The number of carbonyl (C=O) groups excluding carboxylic acids is 1. The highest BCUT2D eigenvalue weighted by Crippen LogP contribution is 2.29. The zero-order valence-electron chi connectivity index (χ0n) is 19.6. The predicted octanol–water partition coefficient (Wildman–Crippen LogP) is 3.85. The average Bonchev–Trinajstić information content (AvgIpc) is 2.84. The van der Waals surface area contributed by atoms with Gasteiger partial charge in [-0.2, -0.15) is 4.31 Å². The van der Waals surface area contributed by atoms with Crippen molar-refractivity contribution in [1.29, 1.82) is 0 Å². The minimum atomic E-state index is -4.00. The van der Waals surface area contributed by atoms with Crippen molar-refractivity contribution < 1.29 is 27.4 Å². The van der Waals surface area contributed by atoms with Gasteiger partial charge in [0.05, 0.1) is 38.5 Å². The summed E-state index contributed by atoms with van der Waals surface area (Å²) in [7, 11) is 0.516. The number of sulfonamides is 1. The summed E-state index contributed by atoms with van der Waals surface area (Å²) >= 11 is 0. The van der Waals surface area contributed by atoms with E-state index in [2.05, 4.69) is 5.32 Å². The molecule has 0 aliphatic carbocycles. The van der Waals surface area contributed by atoms with Crippen LogP contribution in [0.1, 0.15) is 11.1 Å². The van der Waals surface area contributed by atoms with Gasteiger partial charge in [0.2, 0.25) is 15.9 Å². The molecule has 1 N–H and O–H groups in total. The molecule has 8 nitrogen and oxygen atoms in total. The highest BCUT2D eigenvalue weighted by molar-refractivity contribution is 7.89. The number of methoxy groups -OCH3 is 3. The third-order valence-corrected chi connectivity index (χ3v) is 6.99. The maximum atomic E-state index is 13.6. The molecule has 3 aromatic rings. The van der Waals surface area contributed by atoms with E-state index in [9.17, 15) is 13.2 Å². The molecule has 0 saturated carbocycles. The second-order valence-corrected chi connectivity index (χ2v) is 9.44. The molecule has 1 amide bonds. The van der Waals surface area contributed by atoms with Crippen LogP contribution in [0.2, 0.25) is 0 Å². The van der Waals surface area contributed by atoms with E-state index in [1.165, 1.54) is 33.5 Å². The number of ether oxygens (including phenoxy) is 3. The third-order valence-electron chi connectivity index (χ3n) is 5.21. The van der Waals surface area contributed by atoms with Gasteiger partial charge >= 0.3 is 0 Å². The summed E-state index contributed by atoms with van der Waals surface area (Å²) in [6, 6.07) is 18.7. The van der Waals surface area contributed by atoms with Crippen LogP contribution < -0.4 is 19.5 Å². The van der Waals surface area contributed by atoms with Gasteiger partial charge in [-0.3, -0.25) is 4.79 Å². The second kappa shape index (κ2) is 11.0. The molecule has 0 spiro atoms. The number of amides is 1. The van der Waals surface area contributed by atoms with Gasteiger partial charge in [0, 0.05) is 12.6 Å². The van der Waals surface area contributed by atoms with Crippen molar-refractivity contribution in [2.75, 3.05) is 33.2 Å². The highest BCUT2D eigenvalue weighted by Gasteiger charge is 2.28. The van der Waals surface area contributed by atoms with Crippen LogP contribution in [0.15, 0.2) is 71.6 Å². The number of rotatable bonds is 10. The Labute approximate surface area is 200 Å². The fraction of sp³-hybridized carbons (Fsp3) is 0.240. The van der Waals surface area contributed by atoms with Gasteiger partial charge in [-0.05, 0) is 48.4 Å². The maximum Gasteiger partial charge on any atom is 0.243 e. The first-order chi connectivity index (χ1) is 16.3. The number of aryl methyl sites for hydroxylation is 1. The molecule has 0 heterocycles. The van der Waals surface area contributed by atoms with E-state index in [0.717, 1.165) is 9.87 Å². The van der Waals surface area contributed by atoms with Crippen molar-refractivity contribution in [3.8, 4) is 17.2 Å². The van der Waals surface area contributed by atoms with E-state index < -0.39 is 22.5 Å². The molecule has 3 rings (SSSR count). The summed E-state index contributed by atoms with van der Waals surface area (Å²) in [6.45, 7) is 1.39. The van der Waals surface area contributed by atoms with Gasteiger partial charge in [-0.15, -0.1) is 0 Å². The lowest BCUT2D eigenvalue weighted by atomic mass is 10.2. The third kappa shape index (κ3) is 5.86. The van der Waals surface area contributed by atoms with Gasteiger partial charge in [-0.1, -0.05) is 30.3 Å². The van der Waals surface area contributed by atoms with Crippen molar-refractivity contribution >= 4 is 21.6 Å². The smallest absolute Gasteiger partial charge is 0.243 e. The van der Waals surface area contributed by atoms with Crippen LogP contribution in [-0.2, 0) is 21.4 Å². The normalized spacial score (nSPS) is 11.2. The van der Waals surface area contributed by atoms with Crippen LogP contribution in [0.25, 0.3) is 0 Å². The molecule has 3 aromatic carbocycles. The van der Waals surface area contributed by atoms with E-state index in [-0.39, 0.29) is 11.4 Å². The van der Waals surface area contributed by atoms with E-state index in [1.54, 1.807) is 31.2 Å². The molecule has 0 aromatic heterocycles. The molecule has 34 heavy (non-hydrogen) atoms. The molecule has 9 heteroatoms. The summed E-state index contributed by atoms with van der Waals surface area (Å²) in [6.07, 6.45) is 0. The number of nitrogens with one attached hydrogen (secondary N) is 1. The molecule has 180 valence electrons. The molecule has 0 atom stereocenters. The van der Waals surface area contributed by atoms with Crippen LogP contribution >= 0.6 is 0 Å². The molecule has 0 unspecified atom stereocenters. The quantitative estimate of drug-likeness (QED) is 0.470. The van der Waals surface area contributed by atoms with Crippen LogP contribution in [0.5, 0.6) is 17.2 Å².